The van der Waals surface area contributed by atoms with Crippen LogP contribution in [0.2, 0.25) is 13.1 Å². The summed E-state index contributed by atoms with van der Waals surface area (Å²) in [6.07, 6.45) is 61.5. The lowest BCUT2D eigenvalue weighted by molar-refractivity contribution is -0.105. The van der Waals surface area contributed by atoms with Crippen LogP contribution < -0.4 is 0 Å². The van der Waals surface area contributed by atoms with E-state index in [0.29, 0.717) is 12.5 Å². The fourth-order valence-electron chi connectivity index (χ4n) is 7.90. The smallest absolute Gasteiger partial charge is 0.333 e. The molecule has 0 spiro atoms. The van der Waals surface area contributed by atoms with E-state index in [9.17, 15) is 5.11 Å². The zero-order valence-corrected chi connectivity index (χ0v) is 43.4. The Hall–Kier alpha value is -1.28. The standard InChI is InChI=1S/C56H107NO4Si/c1-7-11-15-19-22-23-24-25-26-27-28-29-30-31-32-33-35-41-49-57(51-43-44-52-58)50-42-37-40-48-56(59-53-45-36-21-17-13-9-3)61-62(5,6)60-54-55(46-38-18-14-10-4)47-39-34-20-16-12-8-2/h11,15,22-23,25-26,28-29,31-32,55-56,58H,7-10,12-14,16-21,24,27,30,33-54H2,1-6H3/b15-11-,23-22-,26-25-,29-28-,32-31-. The number of aliphatic hydroxyl groups excluding tert-OH is 1. The van der Waals surface area contributed by atoms with Crippen LogP contribution in [0.4, 0.5) is 0 Å². The number of hydrogen-bond acceptors (Lipinski definition) is 5. The second-order valence-corrected chi connectivity index (χ2v) is 21.8. The summed E-state index contributed by atoms with van der Waals surface area (Å²) in [5.74, 6) is 0.647. The molecule has 0 aromatic rings. The number of hydrogen-bond donors (Lipinski definition) is 1. The molecule has 0 aliphatic heterocycles. The van der Waals surface area contributed by atoms with E-state index in [1.165, 1.54) is 135 Å². The monoisotopic (exact) mass is 886 g/mol. The average Bonchev–Trinajstić information content (AvgIpc) is 3.26. The van der Waals surface area contributed by atoms with Crippen LogP contribution in [0.25, 0.3) is 0 Å². The summed E-state index contributed by atoms with van der Waals surface area (Å²) in [7, 11) is -2.35. The largest absolute Gasteiger partial charge is 0.396 e. The van der Waals surface area contributed by atoms with Crippen LogP contribution in [0, 0.1) is 5.92 Å². The molecule has 0 rings (SSSR count). The summed E-state index contributed by atoms with van der Waals surface area (Å²) in [5.41, 5.74) is 0. The van der Waals surface area contributed by atoms with Crippen molar-refractivity contribution in [2.45, 2.75) is 253 Å². The van der Waals surface area contributed by atoms with Gasteiger partial charge >= 0.3 is 8.56 Å². The predicted octanol–water partition coefficient (Wildman–Crippen LogP) is 17.3. The lowest BCUT2D eigenvalue weighted by atomic mass is 9.95. The first-order valence-corrected chi connectivity index (χ1v) is 29.7. The molecule has 2 unspecified atom stereocenters. The van der Waals surface area contributed by atoms with Crippen molar-refractivity contribution < 1.29 is 18.7 Å². The van der Waals surface area contributed by atoms with Gasteiger partial charge in [0.15, 0.2) is 0 Å². The Kier molecular flexibility index (Phi) is 48.1. The summed E-state index contributed by atoms with van der Waals surface area (Å²) >= 11 is 0. The van der Waals surface area contributed by atoms with E-state index in [-0.39, 0.29) is 6.29 Å². The van der Waals surface area contributed by atoms with Gasteiger partial charge in [-0.3, -0.25) is 0 Å². The molecule has 6 heteroatoms. The minimum Gasteiger partial charge on any atom is -0.396 e. The first kappa shape index (κ1) is 60.7. The molecular formula is C56H107NO4Si. The van der Waals surface area contributed by atoms with Gasteiger partial charge in [0.1, 0.15) is 6.29 Å². The van der Waals surface area contributed by atoms with Crippen molar-refractivity contribution in [2.75, 3.05) is 39.5 Å². The second kappa shape index (κ2) is 49.2. The van der Waals surface area contributed by atoms with Crippen molar-refractivity contribution in [3.63, 3.8) is 0 Å². The highest BCUT2D eigenvalue weighted by atomic mass is 28.4. The van der Waals surface area contributed by atoms with E-state index in [2.05, 4.69) is 106 Å². The molecule has 1 N–H and O–H groups in total. The SMILES string of the molecule is CC/C=C\C/C=C\C/C=C\C/C=C\C/C=C\CCCCN(CCCCO)CCCCCC(OCCCCCCCC)O[Si](C)(C)OCC(CCCCCC)CCCCCCCC. The molecule has 0 amide bonds. The minimum atomic E-state index is -2.35. The summed E-state index contributed by atoms with van der Waals surface area (Å²) < 4.78 is 20.1. The Morgan fingerprint density at radius 2 is 0.903 bits per heavy atom. The van der Waals surface area contributed by atoms with E-state index < -0.39 is 8.56 Å². The Balaban J connectivity index is 4.87. The van der Waals surface area contributed by atoms with Gasteiger partial charge in [0.2, 0.25) is 0 Å². The molecule has 0 heterocycles. The van der Waals surface area contributed by atoms with Crippen LogP contribution in [0.1, 0.15) is 233 Å². The van der Waals surface area contributed by atoms with E-state index in [1.807, 2.05) is 0 Å². The van der Waals surface area contributed by atoms with E-state index in [1.54, 1.807) is 0 Å². The predicted molar refractivity (Wildman–Crippen MR) is 277 cm³/mol. The van der Waals surface area contributed by atoms with Gasteiger partial charge in [0, 0.05) is 19.8 Å². The molecule has 0 bridgehead atoms. The summed E-state index contributed by atoms with van der Waals surface area (Å²) in [6.45, 7) is 18.9. The van der Waals surface area contributed by atoms with Crippen LogP contribution in [0.15, 0.2) is 60.8 Å². The fraction of sp³-hybridized carbons (Fsp3) is 0.821. The van der Waals surface area contributed by atoms with E-state index in [4.69, 9.17) is 13.6 Å². The van der Waals surface area contributed by atoms with Crippen molar-refractivity contribution >= 4 is 8.56 Å². The van der Waals surface area contributed by atoms with Gasteiger partial charge in [-0.25, -0.2) is 0 Å². The Labute approximate surface area is 389 Å². The molecule has 0 aromatic heterocycles. The number of nitrogens with zero attached hydrogens (tertiary/aromatic N) is 1. The maximum atomic E-state index is 9.43. The zero-order chi connectivity index (χ0) is 45.3. The third kappa shape index (κ3) is 45.3. The second-order valence-electron chi connectivity index (χ2n) is 18.5. The molecule has 0 aliphatic rings. The highest BCUT2D eigenvalue weighted by Gasteiger charge is 2.30. The zero-order valence-electron chi connectivity index (χ0n) is 42.4. The molecule has 0 saturated carbocycles. The number of aliphatic hydroxyl groups is 1. The van der Waals surface area contributed by atoms with Gasteiger partial charge in [0.05, 0.1) is 0 Å². The lowest BCUT2D eigenvalue weighted by Gasteiger charge is -2.31. The molecule has 5 nitrogen and oxygen atoms in total. The molecule has 0 saturated heterocycles. The van der Waals surface area contributed by atoms with Crippen LogP contribution in [0.3, 0.4) is 0 Å². The topological polar surface area (TPSA) is 51.2 Å². The first-order valence-electron chi connectivity index (χ1n) is 26.9. The average molecular weight is 887 g/mol. The molecule has 0 radical (unpaired) electrons. The molecule has 0 aliphatic carbocycles. The Morgan fingerprint density at radius 1 is 0.468 bits per heavy atom. The summed E-state index contributed by atoms with van der Waals surface area (Å²) in [6, 6.07) is 0. The first-order chi connectivity index (χ1) is 30.4. The van der Waals surface area contributed by atoms with Crippen molar-refractivity contribution in [1.29, 1.82) is 0 Å². The Morgan fingerprint density at radius 3 is 1.45 bits per heavy atom. The van der Waals surface area contributed by atoms with Crippen molar-refractivity contribution in [2.24, 2.45) is 5.92 Å². The lowest BCUT2D eigenvalue weighted by Crippen LogP contribution is -2.41. The molecule has 0 aromatic carbocycles. The van der Waals surface area contributed by atoms with Gasteiger partial charge in [-0.2, -0.15) is 0 Å². The number of allylic oxidation sites excluding steroid dienone is 10. The normalized spacial score (nSPS) is 13.8. The highest BCUT2D eigenvalue weighted by molar-refractivity contribution is 6.64. The fourth-order valence-corrected chi connectivity index (χ4v) is 9.42. The summed E-state index contributed by atoms with van der Waals surface area (Å²) in [5, 5.41) is 9.43. The van der Waals surface area contributed by atoms with Gasteiger partial charge in [-0.15, -0.1) is 0 Å². The van der Waals surface area contributed by atoms with Crippen LogP contribution >= 0.6 is 0 Å². The maximum absolute atomic E-state index is 9.43. The molecule has 2 atom stereocenters. The third-order valence-corrected chi connectivity index (χ3v) is 13.6. The highest BCUT2D eigenvalue weighted by Crippen LogP contribution is 2.23. The van der Waals surface area contributed by atoms with Crippen molar-refractivity contribution in [3.8, 4) is 0 Å². The molecule has 62 heavy (non-hydrogen) atoms. The minimum absolute atomic E-state index is 0.162. The third-order valence-electron chi connectivity index (χ3n) is 11.9. The molecule has 0 fully saturated rings. The maximum Gasteiger partial charge on any atom is 0.333 e. The van der Waals surface area contributed by atoms with Crippen molar-refractivity contribution in [3.05, 3.63) is 60.8 Å². The van der Waals surface area contributed by atoms with Crippen LogP contribution in [-0.2, 0) is 13.6 Å². The van der Waals surface area contributed by atoms with E-state index in [0.717, 1.165) is 103 Å². The molecule has 364 valence electrons. The van der Waals surface area contributed by atoms with Gasteiger partial charge in [-0.05, 0) is 141 Å². The quantitative estimate of drug-likeness (QED) is 0.0285. The Bertz CT molecular complexity index is 1040. The van der Waals surface area contributed by atoms with Gasteiger partial charge in [0.25, 0.3) is 0 Å². The number of unbranched alkanes of at least 4 members (excludes halogenated alkanes) is 18. The van der Waals surface area contributed by atoms with Gasteiger partial charge in [-0.1, -0.05) is 191 Å². The summed E-state index contributed by atoms with van der Waals surface area (Å²) in [4.78, 5) is 2.64. The number of rotatable bonds is 49. The number of ether oxygens (including phenoxy) is 1. The van der Waals surface area contributed by atoms with E-state index >= 15 is 0 Å². The van der Waals surface area contributed by atoms with Crippen LogP contribution in [-0.4, -0.2) is 64.3 Å². The van der Waals surface area contributed by atoms with Crippen LogP contribution in [0.5, 0.6) is 0 Å². The van der Waals surface area contributed by atoms with Gasteiger partial charge < -0.3 is 23.6 Å². The molecular weight excluding hydrogens is 779 g/mol. The van der Waals surface area contributed by atoms with Crippen molar-refractivity contribution in [1.82, 2.24) is 4.90 Å².